The van der Waals surface area contributed by atoms with Crippen LogP contribution in [0.1, 0.15) is 23.0 Å². The second-order valence-electron chi connectivity index (χ2n) is 5.10. The number of aromatic nitrogens is 2. The minimum Gasteiger partial charge on any atom is -0.357 e. The number of H-pyrrole nitrogens is 1. The van der Waals surface area contributed by atoms with Crippen LogP contribution >= 0.6 is 0 Å². The third-order valence-corrected chi connectivity index (χ3v) is 3.90. The summed E-state index contributed by atoms with van der Waals surface area (Å²) in [6.07, 6.45) is 2.70. The zero-order valence-electron chi connectivity index (χ0n) is 10.9. The summed E-state index contributed by atoms with van der Waals surface area (Å²) in [7, 11) is 0. The van der Waals surface area contributed by atoms with E-state index in [1.54, 1.807) is 18.3 Å². The molecule has 1 unspecified atom stereocenters. The monoisotopic (exact) mass is 267 g/mol. The molecule has 0 saturated carbocycles. The van der Waals surface area contributed by atoms with E-state index >= 15 is 0 Å². The van der Waals surface area contributed by atoms with Crippen LogP contribution < -0.4 is 5.32 Å². The maximum absolute atomic E-state index is 13.5. The Morgan fingerprint density at radius 2 is 2.15 bits per heavy atom. The van der Waals surface area contributed by atoms with Crippen LogP contribution in [0.5, 0.6) is 0 Å². The molecule has 1 aromatic carbocycles. The molecule has 0 aliphatic carbocycles. The lowest BCUT2D eigenvalue weighted by Crippen LogP contribution is -2.30. The van der Waals surface area contributed by atoms with Gasteiger partial charge in [-0.1, -0.05) is 6.07 Å². The van der Waals surface area contributed by atoms with Crippen molar-refractivity contribution in [1.29, 1.82) is 0 Å². The number of aromatic amines is 1. The Balaban J connectivity index is 1.91. The first kappa shape index (κ1) is 11.6. The topological polar surface area (TPSA) is 40.7 Å². The van der Waals surface area contributed by atoms with Crippen molar-refractivity contribution >= 4 is 10.9 Å². The summed E-state index contributed by atoms with van der Waals surface area (Å²) >= 11 is 0. The van der Waals surface area contributed by atoms with Gasteiger partial charge >= 0.3 is 0 Å². The van der Waals surface area contributed by atoms with Crippen LogP contribution in [0.2, 0.25) is 0 Å². The number of nitrogens with zero attached hydrogens (tertiary/aromatic N) is 1. The quantitative estimate of drug-likeness (QED) is 0.711. The van der Waals surface area contributed by atoms with Gasteiger partial charge in [-0.25, -0.2) is 4.39 Å². The highest BCUT2D eigenvalue weighted by atomic mass is 19.1. The molecule has 2 N–H and O–H groups in total. The van der Waals surface area contributed by atoms with Crippen molar-refractivity contribution in [1.82, 2.24) is 15.3 Å². The van der Waals surface area contributed by atoms with Gasteiger partial charge in [-0.2, -0.15) is 0 Å². The summed E-state index contributed by atoms with van der Waals surface area (Å²) < 4.78 is 13.5. The molecular formula is C16H14FN3. The number of pyridine rings is 1. The third kappa shape index (κ3) is 1.72. The van der Waals surface area contributed by atoms with E-state index in [4.69, 9.17) is 0 Å². The molecule has 0 bridgehead atoms. The first-order valence-corrected chi connectivity index (χ1v) is 6.77. The molecule has 3 heterocycles. The molecule has 4 rings (SSSR count). The molecule has 20 heavy (non-hydrogen) atoms. The fourth-order valence-electron chi connectivity index (χ4n) is 3.00. The van der Waals surface area contributed by atoms with E-state index in [2.05, 4.69) is 15.3 Å². The maximum Gasteiger partial charge on any atom is 0.123 e. The maximum atomic E-state index is 13.5. The average molecular weight is 267 g/mol. The Bertz CT molecular complexity index is 764. The van der Waals surface area contributed by atoms with Crippen LogP contribution in [-0.4, -0.2) is 16.5 Å². The van der Waals surface area contributed by atoms with Gasteiger partial charge in [-0.05, 0) is 42.3 Å². The van der Waals surface area contributed by atoms with Crippen LogP contribution in [-0.2, 0) is 6.42 Å². The van der Waals surface area contributed by atoms with Crippen molar-refractivity contribution in [2.45, 2.75) is 12.5 Å². The van der Waals surface area contributed by atoms with Crippen LogP contribution in [0.3, 0.4) is 0 Å². The number of halogens is 1. The molecule has 1 aliphatic rings. The van der Waals surface area contributed by atoms with Crippen molar-refractivity contribution in [2.75, 3.05) is 6.54 Å². The van der Waals surface area contributed by atoms with Gasteiger partial charge in [0.15, 0.2) is 0 Å². The molecule has 1 atom stereocenters. The zero-order chi connectivity index (χ0) is 13.5. The third-order valence-electron chi connectivity index (χ3n) is 3.90. The second-order valence-corrected chi connectivity index (χ2v) is 5.10. The van der Waals surface area contributed by atoms with Gasteiger partial charge in [0.05, 0.1) is 11.7 Å². The first-order valence-electron chi connectivity index (χ1n) is 6.77. The number of hydrogen-bond donors (Lipinski definition) is 2. The van der Waals surface area contributed by atoms with E-state index < -0.39 is 0 Å². The van der Waals surface area contributed by atoms with Crippen LogP contribution in [0, 0.1) is 5.82 Å². The van der Waals surface area contributed by atoms with Gasteiger partial charge in [0.2, 0.25) is 0 Å². The van der Waals surface area contributed by atoms with Gasteiger partial charge in [0.25, 0.3) is 0 Å². The van der Waals surface area contributed by atoms with Crippen LogP contribution in [0.4, 0.5) is 4.39 Å². The Morgan fingerprint density at radius 1 is 1.20 bits per heavy atom. The Labute approximate surface area is 115 Å². The Morgan fingerprint density at radius 3 is 3.00 bits per heavy atom. The van der Waals surface area contributed by atoms with E-state index in [1.807, 2.05) is 18.2 Å². The summed E-state index contributed by atoms with van der Waals surface area (Å²) in [6.45, 7) is 0.873. The van der Waals surface area contributed by atoms with Crippen molar-refractivity contribution in [3.8, 4) is 0 Å². The minimum atomic E-state index is -0.188. The number of rotatable bonds is 1. The summed E-state index contributed by atoms with van der Waals surface area (Å²) in [5, 5.41) is 4.47. The number of fused-ring (bicyclic) bond motifs is 3. The van der Waals surface area contributed by atoms with Gasteiger partial charge in [-0.3, -0.25) is 4.98 Å². The zero-order valence-corrected chi connectivity index (χ0v) is 10.9. The molecule has 0 spiro atoms. The summed E-state index contributed by atoms with van der Waals surface area (Å²) in [5.74, 6) is -0.188. The van der Waals surface area contributed by atoms with Crippen LogP contribution in [0.15, 0.2) is 42.6 Å². The van der Waals surface area contributed by atoms with E-state index in [9.17, 15) is 4.39 Å². The molecule has 4 heteroatoms. The molecular weight excluding hydrogens is 253 g/mol. The normalized spacial score (nSPS) is 18.1. The number of benzene rings is 1. The summed E-state index contributed by atoms with van der Waals surface area (Å²) in [6, 6.07) is 10.9. The molecule has 100 valence electrons. The fraction of sp³-hybridized carbons (Fsp3) is 0.188. The summed E-state index contributed by atoms with van der Waals surface area (Å²) in [4.78, 5) is 7.86. The Kier molecular flexibility index (Phi) is 2.57. The lowest BCUT2D eigenvalue weighted by Gasteiger charge is -2.23. The lowest BCUT2D eigenvalue weighted by atomic mass is 9.97. The van der Waals surface area contributed by atoms with E-state index in [0.717, 1.165) is 35.3 Å². The van der Waals surface area contributed by atoms with Gasteiger partial charge in [0.1, 0.15) is 5.82 Å². The molecule has 0 radical (unpaired) electrons. The van der Waals surface area contributed by atoms with Crippen LogP contribution in [0.25, 0.3) is 10.9 Å². The molecule has 1 aliphatic heterocycles. The van der Waals surface area contributed by atoms with Crippen molar-refractivity contribution in [2.24, 2.45) is 0 Å². The van der Waals surface area contributed by atoms with Crippen molar-refractivity contribution in [3.05, 3.63) is 65.4 Å². The SMILES string of the molecule is Fc1ccc2[nH]c3c(c2c1)CCNC3c1ccccn1. The molecule has 3 nitrogen and oxygen atoms in total. The highest BCUT2D eigenvalue weighted by Gasteiger charge is 2.25. The van der Waals surface area contributed by atoms with E-state index in [-0.39, 0.29) is 11.9 Å². The molecule has 0 fully saturated rings. The van der Waals surface area contributed by atoms with E-state index in [0.29, 0.717) is 0 Å². The first-order chi connectivity index (χ1) is 9.83. The van der Waals surface area contributed by atoms with Gasteiger partial charge < -0.3 is 10.3 Å². The average Bonchev–Trinajstić information content (AvgIpc) is 2.86. The van der Waals surface area contributed by atoms with Gasteiger partial charge in [0, 0.05) is 29.3 Å². The smallest absolute Gasteiger partial charge is 0.123 e. The highest BCUT2D eigenvalue weighted by molar-refractivity contribution is 5.85. The predicted molar refractivity (Wildman–Crippen MR) is 76.0 cm³/mol. The largest absolute Gasteiger partial charge is 0.357 e. The number of hydrogen-bond acceptors (Lipinski definition) is 2. The Hall–Kier alpha value is -2.20. The molecule has 0 saturated heterocycles. The number of nitrogens with one attached hydrogen (secondary N) is 2. The van der Waals surface area contributed by atoms with E-state index in [1.165, 1.54) is 11.6 Å². The molecule has 2 aromatic heterocycles. The standard InChI is InChI=1S/C16H14FN3/c17-10-4-5-13-12(9-10)11-6-8-19-16(15(11)20-13)14-3-1-2-7-18-14/h1-5,7,9,16,19-20H,6,8H2. The van der Waals surface area contributed by atoms with Crippen molar-refractivity contribution < 1.29 is 4.39 Å². The molecule has 3 aromatic rings. The molecule has 0 amide bonds. The second kappa shape index (κ2) is 4.42. The highest BCUT2D eigenvalue weighted by Crippen LogP contribution is 2.32. The lowest BCUT2D eigenvalue weighted by molar-refractivity contribution is 0.549. The fourth-order valence-corrected chi connectivity index (χ4v) is 3.00. The van der Waals surface area contributed by atoms with Crippen molar-refractivity contribution in [3.63, 3.8) is 0 Å². The minimum absolute atomic E-state index is 0.0513. The summed E-state index contributed by atoms with van der Waals surface area (Å²) in [5.41, 5.74) is 4.28. The predicted octanol–water partition coefficient (Wildman–Crippen LogP) is 2.94. The van der Waals surface area contributed by atoms with Gasteiger partial charge in [-0.15, -0.1) is 0 Å².